The Bertz CT molecular complexity index is 311. The van der Waals surface area contributed by atoms with E-state index in [0.717, 1.165) is 10.5 Å². The first-order valence-electron chi connectivity index (χ1n) is 3.86. The molecular weight excluding hydrogens is 164 g/mol. The monoisotopic (exact) mass is 176 g/mol. The predicted molar refractivity (Wildman–Crippen MR) is 58.5 cm³/mol. The molecule has 0 fully saturated rings. The predicted octanol–water partition coefficient (Wildman–Crippen LogP) is 3.65. The minimum atomic E-state index is 0.980. The van der Waals surface area contributed by atoms with Gasteiger partial charge in [-0.15, -0.1) is 12.6 Å². The minimum absolute atomic E-state index is 0.980. The second-order valence-electron chi connectivity index (χ2n) is 2.52. The van der Waals surface area contributed by atoms with Gasteiger partial charge in [-0.1, -0.05) is 30.9 Å². The Kier molecular flexibility index (Phi) is 3.18. The molecule has 0 spiro atoms. The van der Waals surface area contributed by atoms with E-state index in [1.807, 2.05) is 37.3 Å². The van der Waals surface area contributed by atoms with Gasteiger partial charge in [0.2, 0.25) is 0 Å². The molecular formula is C11H12S. The Hall–Kier alpha value is -0.950. The summed E-state index contributed by atoms with van der Waals surface area (Å²) in [5, 5.41) is 0. The van der Waals surface area contributed by atoms with Gasteiger partial charge in [-0.3, -0.25) is 0 Å². The van der Waals surface area contributed by atoms with Crippen molar-refractivity contribution in [1.82, 2.24) is 0 Å². The van der Waals surface area contributed by atoms with Crippen LogP contribution in [0.3, 0.4) is 0 Å². The molecule has 0 radical (unpaired) electrons. The smallest absolute Gasteiger partial charge is 0.00463 e. The normalized spacial score (nSPS) is 10.5. The van der Waals surface area contributed by atoms with Crippen molar-refractivity contribution in [3.05, 3.63) is 42.0 Å². The summed E-state index contributed by atoms with van der Waals surface area (Å²) in [5.74, 6) is 0. The van der Waals surface area contributed by atoms with Crippen LogP contribution in [0.5, 0.6) is 0 Å². The quantitative estimate of drug-likeness (QED) is 0.653. The van der Waals surface area contributed by atoms with Gasteiger partial charge in [0.25, 0.3) is 0 Å². The lowest BCUT2D eigenvalue weighted by Crippen LogP contribution is -1.79. The molecule has 1 aromatic carbocycles. The van der Waals surface area contributed by atoms with Crippen molar-refractivity contribution in [2.75, 3.05) is 0 Å². The first-order chi connectivity index (χ1) is 5.77. The molecule has 0 aromatic heterocycles. The summed E-state index contributed by atoms with van der Waals surface area (Å²) >= 11 is 4.26. The van der Waals surface area contributed by atoms with Crippen LogP contribution in [0.15, 0.2) is 35.7 Å². The fraction of sp³-hybridized carbons (Fsp3) is 0.0909. The van der Waals surface area contributed by atoms with Gasteiger partial charge in [0, 0.05) is 4.90 Å². The zero-order valence-electron chi connectivity index (χ0n) is 7.12. The van der Waals surface area contributed by atoms with Crippen LogP contribution in [-0.2, 0) is 0 Å². The van der Waals surface area contributed by atoms with Gasteiger partial charge in [-0.2, -0.15) is 0 Å². The SMILES string of the molecule is C=Cc1ccc(S)cc1/C=C\C. The molecule has 0 heterocycles. The molecule has 0 nitrogen and oxygen atoms in total. The minimum Gasteiger partial charge on any atom is -0.143 e. The van der Waals surface area contributed by atoms with Crippen LogP contribution in [0.1, 0.15) is 18.1 Å². The van der Waals surface area contributed by atoms with Crippen molar-refractivity contribution in [2.45, 2.75) is 11.8 Å². The van der Waals surface area contributed by atoms with Crippen molar-refractivity contribution in [1.29, 1.82) is 0 Å². The third-order valence-electron chi connectivity index (χ3n) is 1.64. The highest BCUT2D eigenvalue weighted by Crippen LogP contribution is 2.17. The summed E-state index contributed by atoms with van der Waals surface area (Å²) in [6, 6.07) is 6.01. The van der Waals surface area contributed by atoms with E-state index in [0.29, 0.717) is 0 Å². The van der Waals surface area contributed by atoms with Crippen molar-refractivity contribution in [3.63, 3.8) is 0 Å². The zero-order chi connectivity index (χ0) is 8.97. The summed E-state index contributed by atoms with van der Waals surface area (Å²) in [4.78, 5) is 0.980. The number of allylic oxidation sites excluding steroid dienone is 1. The standard InChI is InChI=1S/C11H12S/c1-3-5-10-8-11(12)7-6-9(10)4-2/h3-8,12H,2H2,1H3/b5-3-. The summed E-state index contributed by atoms with van der Waals surface area (Å²) in [5.41, 5.74) is 2.31. The van der Waals surface area contributed by atoms with Crippen LogP contribution in [0.25, 0.3) is 12.2 Å². The van der Waals surface area contributed by atoms with E-state index in [1.165, 1.54) is 5.56 Å². The Morgan fingerprint density at radius 3 is 2.67 bits per heavy atom. The number of thiol groups is 1. The van der Waals surface area contributed by atoms with Crippen LogP contribution in [0, 0.1) is 0 Å². The van der Waals surface area contributed by atoms with Gasteiger partial charge in [0.15, 0.2) is 0 Å². The fourth-order valence-electron chi connectivity index (χ4n) is 1.07. The molecule has 0 aliphatic carbocycles. The summed E-state index contributed by atoms with van der Waals surface area (Å²) in [6.07, 6.45) is 5.91. The lowest BCUT2D eigenvalue weighted by molar-refractivity contribution is 1.44. The molecule has 0 atom stereocenters. The van der Waals surface area contributed by atoms with Gasteiger partial charge in [0.1, 0.15) is 0 Å². The molecule has 0 N–H and O–H groups in total. The number of benzene rings is 1. The average molecular weight is 176 g/mol. The first kappa shape index (κ1) is 9.14. The van der Waals surface area contributed by atoms with E-state index in [-0.39, 0.29) is 0 Å². The second-order valence-corrected chi connectivity index (χ2v) is 3.03. The van der Waals surface area contributed by atoms with Gasteiger partial charge in [-0.05, 0) is 30.2 Å². The first-order valence-corrected chi connectivity index (χ1v) is 4.31. The van der Waals surface area contributed by atoms with E-state index >= 15 is 0 Å². The van der Waals surface area contributed by atoms with E-state index in [2.05, 4.69) is 25.3 Å². The van der Waals surface area contributed by atoms with E-state index in [9.17, 15) is 0 Å². The number of rotatable bonds is 2. The molecule has 0 bridgehead atoms. The third kappa shape index (κ3) is 2.02. The zero-order valence-corrected chi connectivity index (χ0v) is 8.01. The summed E-state index contributed by atoms with van der Waals surface area (Å²) in [6.45, 7) is 5.74. The maximum atomic E-state index is 4.26. The molecule has 0 saturated heterocycles. The van der Waals surface area contributed by atoms with Crippen LogP contribution >= 0.6 is 12.6 Å². The lowest BCUT2D eigenvalue weighted by atomic mass is 10.1. The van der Waals surface area contributed by atoms with Crippen LogP contribution in [0.4, 0.5) is 0 Å². The third-order valence-corrected chi connectivity index (χ3v) is 1.91. The molecule has 0 amide bonds. The molecule has 0 unspecified atom stereocenters. The fourth-order valence-corrected chi connectivity index (χ4v) is 1.29. The molecule has 0 saturated carbocycles. The van der Waals surface area contributed by atoms with Gasteiger partial charge in [0.05, 0.1) is 0 Å². The molecule has 0 aliphatic rings. The van der Waals surface area contributed by atoms with E-state index in [4.69, 9.17) is 0 Å². The van der Waals surface area contributed by atoms with Crippen LogP contribution in [0.2, 0.25) is 0 Å². The number of hydrogen-bond donors (Lipinski definition) is 1. The Balaban J connectivity index is 3.20. The Labute approximate surface area is 79.0 Å². The van der Waals surface area contributed by atoms with E-state index < -0.39 is 0 Å². The van der Waals surface area contributed by atoms with Crippen LogP contribution < -0.4 is 0 Å². The van der Waals surface area contributed by atoms with Crippen molar-refractivity contribution < 1.29 is 0 Å². The van der Waals surface area contributed by atoms with E-state index in [1.54, 1.807) is 0 Å². The highest BCUT2D eigenvalue weighted by atomic mass is 32.1. The highest BCUT2D eigenvalue weighted by molar-refractivity contribution is 7.80. The molecule has 0 aliphatic heterocycles. The van der Waals surface area contributed by atoms with Gasteiger partial charge < -0.3 is 0 Å². The van der Waals surface area contributed by atoms with Gasteiger partial charge >= 0.3 is 0 Å². The molecule has 12 heavy (non-hydrogen) atoms. The topological polar surface area (TPSA) is 0 Å². The summed E-state index contributed by atoms with van der Waals surface area (Å²) in [7, 11) is 0. The molecule has 1 aromatic rings. The number of hydrogen-bond acceptors (Lipinski definition) is 1. The van der Waals surface area contributed by atoms with Crippen LogP contribution in [-0.4, -0.2) is 0 Å². The summed E-state index contributed by atoms with van der Waals surface area (Å²) < 4.78 is 0. The second kappa shape index (κ2) is 4.17. The molecule has 1 heteroatoms. The van der Waals surface area contributed by atoms with Gasteiger partial charge in [-0.25, -0.2) is 0 Å². The van der Waals surface area contributed by atoms with Crippen molar-refractivity contribution in [2.24, 2.45) is 0 Å². The lowest BCUT2D eigenvalue weighted by Gasteiger charge is -2.00. The van der Waals surface area contributed by atoms with Crippen molar-refractivity contribution >= 4 is 24.8 Å². The maximum absolute atomic E-state index is 4.26. The largest absolute Gasteiger partial charge is 0.143 e. The Morgan fingerprint density at radius 1 is 1.33 bits per heavy atom. The van der Waals surface area contributed by atoms with Crippen molar-refractivity contribution in [3.8, 4) is 0 Å². The maximum Gasteiger partial charge on any atom is 0.00463 e. The Morgan fingerprint density at radius 2 is 2.08 bits per heavy atom. The molecule has 62 valence electrons. The highest BCUT2D eigenvalue weighted by Gasteiger charge is 1.94. The molecule has 1 rings (SSSR count). The average Bonchev–Trinajstić information content (AvgIpc) is 2.05.